The van der Waals surface area contributed by atoms with Gasteiger partial charge in [-0.15, -0.1) is 0 Å². The molecule has 0 spiro atoms. The molecule has 0 saturated heterocycles. The predicted octanol–water partition coefficient (Wildman–Crippen LogP) is 4.18. The quantitative estimate of drug-likeness (QED) is 0.266. The number of nitrogens with zero attached hydrogens (tertiary/aromatic N) is 1. The van der Waals surface area contributed by atoms with Crippen LogP contribution in [0.5, 0.6) is 0 Å². The monoisotopic (exact) mass is 612 g/mol. The van der Waals surface area contributed by atoms with Gasteiger partial charge in [-0.2, -0.15) is 5.10 Å². The van der Waals surface area contributed by atoms with Gasteiger partial charge in [-0.1, -0.05) is 36.1 Å². The third-order valence-corrected chi connectivity index (χ3v) is 5.63. The van der Waals surface area contributed by atoms with E-state index in [4.69, 9.17) is 9.47 Å². The summed E-state index contributed by atoms with van der Waals surface area (Å²) < 4.78 is 12.2. The highest BCUT2D eigenvalue weighted by Crippen LogP contribution is 2.14. The van der Waals surface area contributed by atoms with Crippen molar-refractivity contribution in [1.29, 1.82) is 0 Å². The second-order valence-electron chi connectivity index (χ2n) is 5.68. The lowest BCUT2D eigenvalue weighted by molar-refractivity contribution is 0.0465. The standard InChI is InChI=1S/C21H14I2N2O4/c22-17-9-3-1-7-15(17)20(26)28-11-5-6-14-12-24-25-19(14)13-29-21(27)16-8-2-4-10-18(16)23/h1-4,7-10,12H,11,13H2,(H,24,25). The van der Waals surface area contributed by atoms with E-state index in [-0.39, 0.29) is 13.2 Å². The second kappa shape index (κ2) is 10.4. The van der Waals surface area contributed by atoms with Gasteiger partial charge in [0, 0.05) is 7.14 Å². The number of nitrogens with one attached hydrogen (secondary N) is 1. The summed E-state index contributed by atoms with van der Waals surface area (Å²) in [6, 6.07) is 14.3. The maximum absolute atomic E-state index is 12.2. The van der Waals surface area contributed by atoms with Crippen LogP contribution in [0, 0.1) is 19.0 Å². The zero-order chi connectivity index (χ0) is 20.6. The van der Waals surface area contributed by atoms with E-state index in [9.17, 15) is 9.59 Å². The Morgan fingerprint density at radius 3 is 2.14 bits per heavy atom. The summed E-state index contributed by atoms with van der Waals surface area (Å²) in [4.78, 5) is 24.3. The Balaban J connectivity index is 1.56. The number of rotatable bonds is 5. The fraction of sp³-hybridized carbons (Fsp3) is 0.0952. The highest BCUT2D eigenvalue weighted by molar-refractivity contribution is 14.1. The van der Waals surface area contributed by atoms with E-state index in [1.54, 1.807) is 24.3 Å². The molecule has 0 aliphatic rings. The molecule has 0 saturated carbocycles. The van der Waals surface area contributed by atoms with Gasteiger partial charge >= 0.3 is 11.9 Å². The van der Waals surface area contributed by atoms with Crippen LogP contribution < -0.4 is 0 Å². The lowest BCUT2D eigenvalue weighted by Gasteiger charge is -2.05. The molecule has 2 aromatic carbocycles. The summed E-state index contributed by atoms with van der Waals surface area (Å²) in [6.07, 6.45) is 1.53. The van der Waals surface area contributed by atoms with Gasteiger partial charge in [0.1, 0.15) is 6.61 Å². The minimum absolute atomic E-state index is 0.00974. The molecule has 6 nitrogen and oxygen atoms in total. The number of halogens is 2. The summed E-state index contributed by atoms with van der Waals surface area (Å²) in [6.45, 7) is -0.0494. The van der Waals surface area contributed by atoms with Crippen LogP contribution in [0.2, 0.25) is 0 Å². The second-order valence-corrected chi connectivity index (χ2v) is 8.00. The minimum Gasteiger partial charge on any atom is -0.456 e. The molecule has 0 aliphatic carbocycles. The molecular formula is C21H14I2N2O4. The maximum Gasteiger partial charge on any atom is 0.340 e. The van der Waals surface area contributed by atoms with Crippen LogP contribution in [0.15, 0.2) is 54.7 Å². The molecule has 1 aromatic heterocycles. The van der Waals surface area contributed by atoms with Crippen molar-refractivity contribution in [3.8, 4) is 11.8 Å². The van der Waals surface area contributed by atoms with Crippen LogP contribution in [0.25, 0.3) is 0 Å². The van der Waals surface area contributed by atoms with Crippen molar-refractivity contribution in [3.05, 3.63) is 84.3 Å². The van der Waals surface area contributed by atoms with Crippen molar-refractivity contribution in [2.24, 2.45) is 0 Å². The van der Waals surface area contributed by atoms with Gasteiger partial charge in [-0.3, -0.25) is 5.10 Å². The molecule has 0 bridgehead atoms. The summed E-state index contributed by atoms with van der Waals surface area (Å²) in [5, 5.41) is 6.70. The predicted molar refractivity (Wildman–Crippen MR) is 123 cm³/mol. The van der Waals surface area contributed by atoms with Crippen molar-refractivity contribution in [2.45, 2.75) is 6.61 Å². The van der Waals surface area contributed by atoms with Gasteiger partial charge in [-0.25, -0.2) is 9.59 Å². The number of hydrogen-bond donors (Lipinski definition) is 1. The van der Waals surface area contributed by atoms with Crippen molar-refractivity contribution >= 4 is 57.1 Å². The Morgan fingerprint density at radius 1 is 0.931 bits per heavy atom. The van der Waals surface area contributed by atoms with Crippen LogP contribution in [0.3, 0.4) is 0 Å². The van der Waals surface area contributed by atoms with E-state index in [2.05, 4.69) is 67.2 Å². The molecule has 1 N–H and O–H groups in total. The third kappa shape index (κ3) is 5.80. The van der Waals surface area contributed by atoms with E-state index in [1.165, 1.54) is 6.20 Å². The zero-order valence-electron chi connectivity index (χ0n) is 14.9. The number of H-pyrrole nitrogens is 1. The largest absolute Gasteiger partial charge is 0.456 e. The smallest absolute Gasteiger partial charge is 0.340 e. The van der Waals surface area contributed by atoms with Crippen LogP contribution >= 0.6 is 45.2 Å². The summed E-state index contributed by atoms with van der Waals surface area (Å²) in [5.74, 6) is 4.80. The highest BCUT2D eigenvalue weighted by atomic mass is 127. The molecule has 3 aromatic rings. The van der Waals surface area contributed by atoms with E-state index in [1.807, 2.05) is 24.3 Å². The molecule has 146 valence electrons. The Bertz CT molecular complexity index is 1100. The molecule has 0 fully saturated rings. The van der Waals surface area contributed by atoms with Crippen molar-refractivity contribution < 1.29 is 19.1 Å². The van der Waals surface area contributed by atoms with Crippen LogP contribution in [-0.4, -0.2) is 28.7 Å². The number of carbonyl (C=O) groups excluding carboxylic acids is 2. The highest BCUT2D eigenvalue weighted by Gasteiger charge is 2.13. The molecule has 3 rings (SSSR count). The van der Waals surface area contributed by atoms with Crippen LogP contribution in [-0.2, 0) is 16.1 Å². The van der Waals surface area contributed by atoms with Gasteiger partial charge in [0.25, 0.3) is 0 Å². The number of ether oxygens (including phenoxy) is 2. The van der Waals surface area contributed by atoms with E-state index >= 15 is 0 Å². The first kappa shape index (κ1) is 21.3. The molecule has 0 atom stereocenters. The normalized spacial score (nSPS) is 10.0. The van der Waals surface area contributed by atoms with Gasteiger partial charge < -0.3 is 9.47 Å². The Hall–Kier alpha value is -2.39. The van der Waals surface area contributed by atoms with Gasteiger partial charge in [0.05, 0.1) is 28.6 Å². The number of benzene rings is 2. The maximum atomic E-state index is 12.2. The Labute approximate surface area is 194 Å². The molecule has 0 radical (unpaired) electrons. The van der Waals surface area contributed by atoms with E-state index in [0.717, 1.165) is 7.14 Å². The average Bonchev–Trinajstić information content (AvgIpc) is 3.17. The van der Waals surface area contributed by atoms with Gasteiger partial charge in [0.15, 0.2) is 6.61 Å². The van der Waals surface area contributed by atoms with Crippen LogP contribution in [0.1, 0.15) is 32.0 Å². The van der Waals surface area contributed by atoms with Gasteiger partial charge in [-0.05, 0) is 69.4 Å². The molecule has 0 amide bonds. The van der Waals surface area contributed by atoms with Crippen LogP contribution in [0.4, 0.5) is 0 Å². The fourth-order valence-electron chi connectivity index (χ4n) is 2.31. The number of carbonyl (C=O) groups is 2. The first-order valence-corrected chi connectivity index (χ1v) is 10.6. The SMILES string of the molecule is O=C(OCC#Cc1cn[nH]c1COC(=O)c1ccccc1I)c1ccccc1I. The number of esters is 2. The van der Waals surface area contributed by atoms with Crippen molar-refractivity contribution in [2.75, 3.05) is 6.61 Å². The van der Waals surface area contributed by atoms with E-state index in [0.29, 0.717) is 22.4 Å². The molecule has 29 heavy (non-hydrogen) atoms. The third-order valence-electron chi connectivity index (χ3n) is 3.75. The van der Waals surface area contributed by atoms with Crippen molar-refractivity contribution in [3.63, 3.8) is 0 Å². The molecule has 1 heterocycles. The summed E-state index contributed by atoms with van der Waals surface area (Å²) in [5.41, 5.74) is 2.15. The Morgan fingerprint density at radius 2 is 1.52 bits per heavy atom. The minimum atomic E-state index is -0.428. The summed E-state index contributed by atoms with van der Waals surface area (Å²) >= 11 is 4.16. The number of aromatic amines is 1. The zero-order valence-corrected chi connectivity index (χ0v) is 19.3. The fourth-order valence-corrected chi connectivity index (χ4v) is 3.53. The number of aromatic nitrogens is 2. The molecule has 0 unspecified atom stereocenters. The lowest BCUT2D eigenvalue weighted by Crippen LogP contribution is -2.08. The molecule has 8 heteroatoms. The van der Waals surface area contributed by atoms with E-state index < -0.39 is 11.9 Å². The van der Waals surface area contributed by atoms with Crippen molar-refractivity contribution in [1.82, 2.24) is 10.2 Å². The number of hydrogen-bond acceptors (Lipinski definition) is 5. The molecular weight excluding hydrogens is 598 g/mol. The lowest BCUT2D eigenvalue weighted by atomic mass is 10.2. The first-order valence-electron chi connectivity index (χ1n) is 8.40. The average molecular weight is 612 g/mol. The first-order chi connectivity index (χ1) is 14.1. The van der Waals surface area contributed by atoms with Gasteiger partial charge in [0.2, 0.25) is 0 Å². The summed E-state index contributed by atoms with van der Waals surface area (Å²) in [7, 11) is 0. The molecule has 0 aliphatic heterocycles. The topological polar surface area (TPSA) is 81.3 Å². The Kier molecular flexibility index (Phi) is 7.65.